The first-order valence-electron chi connectivity index (χ1n) is 8.81. The third-order valence-corrected chi connectivity index (χ3v) is 5.53. The van der Waals surface area contributed by atoms with E-state index in [4.69, 9.17) is 5.73 Å². The number of nitrogens with one attached hydrogen (secondary N) is 1. The van der Waals surface area contributed by atoms with Crippen LogP contribution in [0.5, 0.6) is 0 Å². The molecule has 2 fully saturated rings. The highest BCUT2D eigenvalue weighted by atomic mass is 16.3. The average molecular weight is 326 g/mol. The number of nitrogen functional groups attached to an aromatic ring is 1. The number of hydrogen-bond donors (Lipinski definition) is 3. The normalized spacial score (nSPS) is 26.1. The lowest BCUT2D eigenvalue weighted by Crippen LogP contribution is -2.32. The number of H-pyrrole nitrogens is 1. The number of anilines is 2. The molecule has 4 N–H and O–H groups in total. The van der Waals surface area contributed by atoms with Crippen molar-refractivity contribution in [1.29, 1.82) is 0 Å². The first-order chi connectivity index (χ1) is 11.7. The Bertz CT molecular complexity index is 777. The summed E-state index contributed by atoms with van der Waals surface area (Å²) in [5.74, 6) is 2.17. The lowest BCUT2D eigenvalue weighted by Gasteiger charge is -2.32. The number of rotatable bonds is 3. The standard InChI is InChI=1S/C17H22N6O/c18-17-19-14(10-5-11(24)6-10)7-15(20-17)23-4-3-13-12(8-23)16(22-21-13)9-1-2-9/h7,9-11,24H,1-6,8H2,(H,21,22)(H2,18,19,20). The number of aromatic nitrogens is 4. The van der Waals surface area contributed by atoms with Crippen LogP contribution in [0.1, 0.15) is 60.2 Å². The van der Waals surface area contributed by atoms with Crippen molar-refractivity contribution < 1.29 is 5.11 Å². The summed E-state index contributed by atoms with van der Waals surface area (Å²) in [4.78, 5) is 11.1. The van der Waals surface area contributed by atoms with Crippen molar-refractivity contribution in [2.75, 3.05) is 17.2 Å². The highest BCUT2D eigenvalue weighted by Crippen LogP contribution is 2.43. The maximum atomic E-state index is 9.55. The van der Waals surface area contributed by atoms with E-state index in [1.54, 1.807) is 0 Å². The van der Waals surface area contributed by atoms with Gasteiger partial charge in [-0.3, -0.25) is 5.10 Å². The van der Waals surface area contributed by atoms with Crippen LogP contribution < -0.4 is 10.6 Å². The Balaban J connectivity index is 1.43. The molecule has 0 bridgehead atoms. The number of aromatic amines is 1. The van der Waals surface area contributed by atoms with Crippen LogP contribution in [0.3, 0.4) is 0 Å². The summed E-state index contributed by atoms with van der Waals surface area (Å²) in [7, 11) is 0. The van der Waals surface area contributed by atoms with Gasteiger partial charge in [0.05, 0.1) is 17.5 Å². The number of nitrogens with two attached hydrogens (primary N) is 1. The van der Waals surface area contributed by atoms with E-state index in [1.807, 2.05) is 0 Å². The van der Waals surface area contributed by atoms with Gasteiger partial charge in [-0.2, -0.15) is 10.1 Å². The van der Waals surface area contributed by atoms with Gasteiger partial charge in [0.25, 0.3) is 0 Å². The number of aliphatic hydroxyl groups excluding tert-OH is 1. The molecule has 2 aromatic heterocycles. The van der Waals surface area contributed by atoms with Crippen molar-refractivity contribution in [1.82, 2.24) is 20.2 Å². The summed E-state index contributed by atoms with van der Waals surface area (Å²) in [6, 6.07) is 2.05. The smallest absolute Gasteiger partial charge is 0.222 e. The van der Waals surface area contributed by atoms with E-state index in [2.05, 4.69) is 31.1 Å². The molecule has 3 heterocycles. The molecule has 7 nitrogen and oxygen atoms in total. The lowest BCUT2D eigenvalue weighted by molar-refractivity contribution is 0.0732. The van der Waals surface area contributed by atoms with Gasteiger partial charge in [-0.25, -0.2) is 4.98 Å². The molecule has 0 saturated heterocycles. The van der Waals surface area contributed by atoms with E-state index in [9.17, 15) is 5.11 Å². The molecule has 0 radical (unpaired) electrons. The third-order valence-electron chi connectivity index (χ3n) is 5.53. The molecule has 126 valence electrons. The molecule has 7 heteroatoms. The predicted octanol–water partition coefficient (Wildman–Crippen LogP) is 1.46. The molecule has 1 aliphatic heterocycles. The topological polar surface area (TPSA) is 104 Å². The Hall–Kier alpha value is -2.15. The van der Waals surface area contributed by atoms with Crippen LogP contribution in [0.4, 0.5) is 11.8 Å². The molecule has 2 aromatic rings. The van der Waals surface area contributed by atoms with Gasteiger partial charge in [0.1, 0.15) is 5.82 Å². The Morgan fingerprint density at radius 1 is 1.21 bits per heavy atom. The first-order valence-corrected chi connectivity index (χ1v) is 8.81. The molecule has 0 unspecified atom stereocenters. The van der Waals surface area contributed by atoms with Gasteiger partial charge in [0.15, 0.2) is 0 Å². The van der Waals surface area contributed by atoms with Crippen molar-refractivity contribution in [3.8, 4) is 0 Å². The van der Waals surface area contributed by atoms with Gasteiger partial charge >= 0.3 is 0 Å². The third kappa shape index (κ3) is 2.34. The summed E-state index contributed by atoms with van der Waals surface area (Å²) in [5, 5.41) is 17.3. The van der Waals surface area contributed by atoms with Crippen LogP contribution in [0, 0.1) is 0 Å². The molecule has 2 saturated carbocycles. The summed E-state index contributed by atoms with van der Waals surface area (Å²) < 4.78 is 0. The fraction of sp³-hybridized carbons (Fsp3) is 0.588. The average Bonchev–Trinajstić information content (AvgIpc) is 3.30. The maximum Gasteiger partial charge on any atom is 0.222 e. The Kier molecular flexibility index (Phi) is 3.06. The molecule has 0 aromatic carbocycles. The molecular weight excluding hydrogens is 304 g/mol. The number of nitrogens with zero attached hydrogens (tertiary/aromatic N) is 4. The largest absolute Gasteiger partial charge is 0.393 e. The van der Waals surface area contributed by atoms with E-state index in [0.29, 0.717) is 17.8 Å². The molecule has 5 rings (SSSR count). The number of aliphatic hydroxyl groups is 1. The number of fused-ring (bicyclic) bond motifs is 1. The van der Waals surface area contributed by atoms with Crippen LogP contribution >= 0.6 is 0 Å². The van der Waals surface area contributed by atoms with Crippen molar-refractivity contribution in [2.24, 2.45) is 0 Å². The van der Waals surface area contributed by atoms with Gasteiger partial charge in [-0.1, -0.05) is 0 Å². The number of hydrogen-bond acceptors (Lipinski definition) is 6. The van der Waals surface area contributed by atoms with E-state index >= 15 is 0 Å². The van der Waals surface area contributed by atoms with E-state index < -0.39 is 0 Å². The molecular formula is C17H22N6O. The maximum absolute atomic E-state index is 9.55. The zero-order valence-corrected chi connectivity index (χ0v) is 13.6. The van der Waals surface area contributed by atoms with E-state index in [-0.39, 0.29) is 6.10 Å². The van der Waals surface area contributed by atoms with Gasteiger partial charge in [0, 0.05) is 48.7 Å². The van der Waals surface area contributed by atoms with Crippen molar-refractivity contribution >= 4 is 11.8 Å². The van der Waals surface area contributed by atoms with Gasteiger partial charge in [0.2, 0.25) is 5.95 Å². The minimum atomic E-state index is -0.195. The van der Waals surface area contributed by atoms with Gasteiger partial charge in [-0.15, -0.1) is 0 Å². The quantitative estimate of drug-likeness (QED) is 0.789. The molecule has 24 heavy (non-hydrogen) atoms. The summed E-state index contributed by atoms with van der Waals surface area (Å²) >= 11 is 0. The second-order valence-electron chi connectivity index (χ2n) is 7.34. The highest BCUT2D eigenvalue weighted by Gasteiger charge is 2.34. The predicted molar refractivity (Wildman–Crippen MR) is 89.7 cm³/mol. The van der Waals surface area contributed by atoms with Crippen LogP contribution in [-0.4, -0.2) is 37.9 Å². The van der Waals surface area contributed by atoms with E-state index in [0.717, 1.165) is 43.9 Å². The summed E-state index contributed by atoms with van der Waals surface area (Å²) in [6.07, 6.45) is 4.81. The monoisotopic (exact) mass is 326 g/mol. The Morgan fingerprint density at radius 2 is 2.04 bits per heavy atom. The van der Waals surface area contributed by atoms with Crippen LogP contribution in [0.25, 0.3) is 0 Å². The molecule has 0 atom stereocenters. The minimum absolute atomic E-state index is 0.195. The molecule has 0 amide bonds. The van der Waals surface area contributed by atoms with Crippen LogP contribution in [0.2, 0.25) is 0 Å². The summed E-state index contributed by atoms with van der Waals surface area (Å²) in [6.45, 7) is 1.74. The lowest BCUT2D eigenvalue weighted by atomic mass is 9.80. The zero-order valence-electron chi connectivity index (χ0n) is 13.6. The van der Waals surface area contributed by atoms with Gasteiger partial charge < -0.3 is 15.7 Å². The SMILES string of the molecule is Nc1nc(C2CC(O)C2)cc(N2CCc3[nH]nc(C4CC4)c3C2)n1. The Morgan fingerprint density at radius 3 is 2.79 bits per heavy atom. The van der Waals surface area contributed by atoms with Crippen LogP contribution in [-0.2, 0) is 13.0 Å². The molecule has 0 spiro atoms. The van der Waals surface area contributed by atoms with Crippen molar-refractivity contribution in [3.63, 3.8) is 0 Å². The fourth-order valence-corrected chi connectivity index (χ4v) is 3.88. The van der Waals surface area contributed by atoms with Gasteiger partial charge in [-0.05, 0) is 25.7 Å². The second-order valence-corrected chi connectivity index (χ2v) is 7.34. The zero-order chi connectivity index (χ0) is 16.3. The van der Waals surface area contributed by atoms with Crippen molar-refractivity contribution in [2.45, 2.75) is 56.6 Å². The Labute approximate surface area is 140 Å². The second kappa shape index (κ2) is 5.17. The van der Waals surface area contributed by atoms with E-state index in [1.165, 1.54) is 29.8 Å². The molecule has 2 aliphatic carbocycles. The minimum Gasteiger partial charge on any atom is -0.393 e. The van der Waals surface area contributed by atoms with Crippen LogP contribution in [0.15, 0.2) is 6.07 Å². The first kappa shape index (κ1) is 14.2. The van der Waals surface area contributed by atoms with Crippen molar-refractivity contribution in [3.05, 3.63) is 28.7 Å². The summed E-state index contributed by atoms with van der Waals surface area (Å²) in [5.41, 5.74) is 10.8. The fourth-order valence-electron chi connectivity index (χ4n) is 3.88. The highest BCUT2D eigenvalue weighted by molar-refractivity contribution is 5.48. The molecule has 3 aliphatic rings.